The van der Waals surface area contributed by atoms with E-state index in [-0.39, 0.29) is 5.91 Å². The molecule has 5 heteroatoms. The number of carbonyl (C=O) groups is 1. The van der Waals surface area contributed by atoms with Crippen LogP contribution >= 0.6 is 11.3 Å². The summed E-state index contributed by atoms with van der Waals surface area (Å²) < 4.78 is 0. The smallest absolute Gasteiger partial charge is 0.266 e. The van der Waals surface area contributed by atoms with Gasteiger partial charge in [-0.1, -0.05) is 6.42 Å². The molecule has 4 rings (SSSR count). The minimum Gasteiger partial charge on any atom is -0.397 e. The van der Waals surface area contributed by atoms with E-state index < -0.39 is 0 Å². The van der Waals surface area contributed by atoms with Crippen LogP contribution in [0.15, 0.2) is 18.3 Å². The van der Waals surface area contributed by atoms with Crippen molar-refractivity contribution in [2.75, 3.05) is 12.3 Å². The van der Waals surface area contributed by atoms with Crippen LogP contribution in [0.25, 0.3) is 10.2 Å². The molecular weight excluding hydrogens is 282 g/mol. The number of hydrogen-bond acceptors (Lipinski definition) is 4. The summed E-state index contributed by atoms with van der Waals surface area (Å²) in [7, 11) is 0. The molecule has 2 aliphatic rings. The molecule has 2 unspecified atom stereocenters. The fourth-order valence-corrected chi connectivity index (χ4v) is 4.97. The van der Waals surface area contributed by atoms with Crippen molar-refractivity contribution in [3.63, 3.8) is 0 Å². The second-order valence-electron chi connectivity index (χ2n) is 6.10. The molecule has 2 N–H and O–H groups in total. The van der Waals surface area contributed by atoms with Crippen molar-refractivity contribution in [3.05, 3.63) is 23.2 Å². The van der Waals surface area contributed by atoms with E-state index in [0.29, 0.717) is 22.5 Å². The molecule has 1 saturated carbocycles. The molecule has 2 atom stereocenters. The third-order valence-electron chi connectivity index (χ3n) is 4.95. The number of nitrogens with zero attached hydrogens (tertiary/aromatic N) is 2. The lowest BCUT2D eigenvalue weighted by atomic mass is 9.92. The number of likely N-dealkylation sites (tertiary alicyclic amines) is 1. The van der Waals surface area contributed by atoms with Crippen molar-refractivity contribution in [1.82, 2.24) is 9.88 Å². The molecule has 2 aromatic heterocycles. The zero-order chi connectivity index (χ0) is 14.4. The molecule has 0 spiro atoms. The molecule has 0 bridgehead atoms. The van der Waals surface area contributed by atoms with Crippen LogP contribution < -0.4 is 5.73 Å². The third-order valence-corrected chi connectivity index (χ3v) is 6.07. The molecule has 0 radical (unpaired) electrons. The van der Waals surface area contributed by atoms with E-state index in [2.05, 4.69) is 9.88 Å². The molecule has 110 valence electrons. The van der Waals surface area contributed by atoms with Gasteiger partial charge in [-0.05, 0) is 43.7 Å². The summed E-state index contributed by atoms with van der Waals surface area (Å²) >= 11 is 1.43. The van der Waals surface area contributed by atoms with Gasteiger partial charge in [-0.25, -0.2) is 4.98 Å². The van der Waals surface area contributed by atoms with Crippen molar-refractivity contribution in [2.24, 2.45) is 5.92 Å². The van der Waals surface area contributed by atoms with E-state index in [1.165, 1.54) is 30.6 Å². The summed E-state index contributed by atoms with van der Waals surface area (Å²) in [5.41, 5.74) is 6.81. The molecule has 2 aromatic rings. The number of aromatic nitrogens is 1. The number of pyridine rings is 1. The maximum absolute atomic E-state index is 13.0. The highest BCUT2D eigenvalue weighted by Gasteiger charge is 2.38. The molecule has 1 amide bonds. The Kier molecular flexibility index (Phi) is 3.10. The van der Waals surface area contributed by atoms with Crippen LogP contribution in [0.4, 0.5) is 5.69 Å². The SMILES string of the molecule is Nc1c(C(=O)N2CCCC3CCCC32)sc2ncccc12. The maximum Gasteiger partial charge on any atom is 0.266 e. The number of rotatable bonds is 1. The molecule has 2 fully saturated rings. The Labute approximate surface area is 128 Å². The number of hydrogen-bond donors (Lipinski definition) is 1. The summed E-state index contributed by atoms with van der Waals surface area (Å²) in [5.74, 6) is 0.823. The second-order valence-corrected chi connectivity index (χ2v) is 7.10. The van der Waals surface area contributed by atoms with Gasteiger partial charge in [-0.15, -0.1) is 11.3 Å². The fraction of sp³-hybridized carbons (Fsp3) is 0.500. The lowest BCUT2D eigenvalue weighted by molar-refractivity contribution is 0.0554. The predicted molar refractivity (Wildman–Crippen MR) is 85.4 cm³/mol. The van der Waals surface area contributed by atoms with Crippen molar-refractivity contribution in [2.45, 2.75) is 38.1 Å². The standard InChI is InChI=1S/C16H19N3OS/c17-13-11-6-2-8-18-15(11)21-14(13)16(20)19-9-3-5-10-4-1-7-12(10)19/h2,6,8,10,12H,1,3-5,7,9,17H2. The van der Waals surface area contributed by atoms with Crippen molar-refractivity contribution >= 4 is 33.1 Å². The molecule has 21 heavy (non-hydrogen) atoms. The number of piperidine rings is 1. The summed E-state index contributed by atoms with van der Waals surface area (Å²) in [6.45, 7) is 0.876. The Morgan fingerprint density at radius 3 is 3.05 bits per heavy atom. The number of nitrogen functional groups attached to an aromatic ring is 1. The Morgan fingerprint density at radius 1 is 1.33 bits per heavy atom. The van der Waals surface area contributed by atoms with E-state index in [9.17, 15) is 4.79 Å². The topological polar surface area (TPSA) is 59.2 Å². The van der Waals surface area contributed by atoms with E-state index in [1.54, 1.807) is 6.20 Å². The van der Waals surface area contributed by atoms with Crippen molar-refractivity contribution < 1.29 is 4.79 Å². The number of thiophene rings is 1. The first-order chi connectivity index (χ1) is 10.3. The Bertz CT molecular complexity index is 696. The van der Waals surface area contributed by atoms with Crippen LogP contribution in [0.5, 0.6) is 0 Å². The van der Waals surface area contributed by atoms with Crippen molar-refractivity contribution in [1.29, 1.82) is 0 Å². The monoisotopic (exact) mass is 301 g/mol. The average Bonchev–Trinajstić information content (AvgIpc) is 3.11. The van der Waals surface area contributed by atoms with Crippen LogP contribution in [-0.2, 0) is 0 Å². The number of fused-ring (bicyclic) bond motifs is 2. The zero-order valence-corrected chi connectivity index (χ0v) is 12.7. The molecule has 1 aliphatic carbocycles. The molecule has 0 aromatic carbocycles. The van der Waals surface area contributed by atoms with Gasteiger partial charge in [-0.2, -0.15) is 0 Å². The van der Waals surface area contributed by atoms with E-state index in [0.717, 1.165) is 29.6 Å². The number of nitrogens with two attached hydrogens (primary N) is 1. The van der Waals surface area contributed by atoms with Gasteiger partial charge in [0.2, 0.25) is 0 Å². The number of amides is 1. The highest BCUT2D eigenvalue weighted by molar-refractivity contribution is 7.21. The highest BCUT2D eigenvalue weighted by atomic mass is 32.1. The number of carbonyl (C=O) groups excluding carboxylic acids is 1. The molecule has 1 aliphatic heterocycles. The molecular formula is C16H19N3OS. The average molecular weight is 301 g/mol. The van der Waals surface area contributed by atoms with Gasteiger partial charge in [-0.3, -0.25) is 4.79 Å². The molecule has 1 saturated heterocycles. The molecule has 3 heterocycles. The van der Waals surface area contributed by atoms with Gasteiger partial charge in [0, 0.05) is 24.2 Å². The first-order valence-electron chi connectivity index (χ1n) is 7.69. The molecule has 4 nitrogen and oxygen atoms in total. The Balaban J connectivity index is 1.71. The highest BCUT2D eigenvalue weighted by Crippen LogP contribution is 2.39. The van der Waals surface area contributed by atoms with Gasteiger partial charge in [0.05, 0.1) is 5.69 Å². The van der Waals surface area contributed by atoms with Gasteiger partial charge >= 0.3 is 0 Å². The van der Waals surface area contributed by atoms with Crippen LogP contribution in [0.2, 0.25) is 0 Å². The quantitative estimate of drug-likeness (QED) is 0.879. The summed E-state index contributed by atoms with van der Waals surface area (Å²) in [6, 6.07) is 4.25. The van der Waals surface area contributed by atoms with Crippen molar-refractivity contribution in [3.8, 4) is 0 Å². The maximum atomic E-state index is 13.0. The Morgan fingerprint density at radius 2 is 2.19 bits per heavy atom. The Hall–Kier alpha value is -1.62. The van der Waals surface area contributed by atoms with Gasteiger partial charge < -0.3 is 10.6 Å². The predicted octanol–water partition coefficient (Wildman–Crippen LogP) is 3.28. The normalized spacial score (nSPS) is 25.2. The lowest BCUT2D eigenvalue weighted by Gasteiger charge is -2.37. The van der Waals surface area contributed by atoms with Crippen LogP contribution in [0, 0.1) is 5.92 Å². The third kappa shape index (κ3) is 2.02. The van der Waals surface area contributed by atoms with Gasteiger partial charge in [0.1, 0.15) is 9.71 Å². The lowest BCUT2D eigenvalue weighted by Crippen LogP contribution is -2.46. The summed E-state index contributed by atoms with van der Waals surface area (Å²) in [4.78, 5) is 20.9. The van der Waals surface area contributed by atoms with E-state index >= 15 is 0 Å². The summed E-state index contributed by atoms with van der Waals surface area (Å²) in [6.07, 6.45) is 7.83. The zero-order valence-electron chi connectivity index (χ0n) is 11.9. The minimum atomic E-state index is 0.118. The first-order valence-corrected chi connectivity index (χ1v) is 8.51. The minimum absolute atomic E-state index is 0.118. The van der Waals surface area contributed by atoms with Gasteiger partial charge in [0.15, 0.2) is 0 Å². The van der Waals surface area contributed by atoms with E-state index in [1.807, 2.05) is 12.1 Å². The largest absolute Gasteiger partial charge is 0.397 e. The first kappa shape index (κ1) is 13.1. The summed E-state index contributed by atoms with van der Waals surface area (Å²) in [5, 5.41) is 0.908. The second kappa shape index (κ2) is 4.98. The van der Waals surface area contributed by atoms with Gasteiger partial charge in [0.25, 0.3) is 5.91 Å². The van der Waals surface area contributed by atoms with Crippen LogP contribution in [-0.4, -0.2) is 28.4 Å². The van der Waals surface area contributed by atoms with Crippen LogP contribution in [0.3, 0.4) is 0 Å². The fourth-order valence-electron chi connectivity index (χ4n) is 3.95. The number of anilines is 1. The van der Waals surface area contributed by atoms with E-state index in [4.69, 9.17) is 5.73 Å². The van der Waals surface area contributed by atoms with Crippen LogP contribution in [0.1, 0.15) is 41.8 Å².